The highest BCUT2D eigenvalue weighted by Gasteiger charge is 2.14. The molecule has 124 valence electrons. The average Bonchev–Trinajstić information content (AvgIpc) is 2.71. The second-order valence-corrected chi connectivity index (χ2v) is 6.01. The number of pyridine rings is 1. The molecule has 2 aromatic carbocycles. The summed E-state index contributed by atoms with van der Waals surface area (Å²) in [5.41, 5.74) is 0.294. The number of halogens is 2. The van der Waals surface area contributed by atoms with Crippen LogP contribution in [0.2, 0.25) is 5.02 Å². The van der Waals surface area contributed by atoms with Crippen LogP contribution in [0.5, 0.6) is 0 Å². The maximum Gasteiger partial charge on any atom is 0.338 e. The molecule has 1 aromatic heterocycles. The summed E-state index contributed by atoms with van der Waals surface area (Å²) in [6, 6.07) is 8.11. The van der Waals surface area contributed by atoms with Crippen LogP contribution >= 0.6 is 27.5 Å². The number of ether oxygens (including phenoxy) is 1. The molecule has 3 aromatic rings. The Hall–Kier alpha value is -1.98. The molecule has 3 rings (SSSR count). The summed E-state index contributed by atoms with van der Waals surface area (Å²) >= 11 is 9.33. The summed E-state index contributed by atoms with van der Waals surface area (Å²) in [7, 11) is 1.29. The zero-order valence-electron chi connectivity index (χ0n) is 13.4. The number of aromatic nitrogens is 1. The van der Waals surface area contributed by atoms with E-state index in [1.54, 1.807) is 36.5 Å². The molecule has 0 aliphatic rings. The van der Waals surface area contributed by atoms with Crippen molar-refractivity contribution in [2.75, 3.05) is 7.11 Å². The zero-order valence-corrected chi connectivity index (χ0v) is 15.7. The first kappa shape index (κ1) is 18.4. The molecule has 4 nitrogen and oxygen atoms in total. The largest absolute Gasteiger partial charge is 0.465 e. The fourth-order valence-corrected chi connectivity index (χ4v) is 2.85. The first-order valence-electron chi connectivity index (χ1n) is 7.31. The van der Waals surface area contributed by atoms with Gasteiger partial charge in [0.1, 0.15) is 5.52 Å². The van der Waals surface area contributed by atoms with Gasteiger partial charge in [-0.25, -0.2) is 4.79 Å². The molecule has 0 aliphatic carbocycles. The minimum Gasteiger partial charge on any atom is -0.465 e. The van der Waals surface area contributed by atoms with Gasteiger partial charge < -0.3 is 4.74 Å². The molecule has 0 atom stereocenters. The van der Waals surface area contributed by atoms with Crippen molar-refractivity contribution in [1.29, 1.82) is 0 Å². The Morgan fingerprint density at radius 2 is 1.88 bits per heavy atom. The number of methoxy groups -OCH3 is 1. The number of nitrogens with zero attached hydrogens (tertiary/aromatic N) is 1. The molecule has 1 heterocycles. The fraction of sp³-hybridized carbons (Fsp3) is 0.167. The van der Waals surface area contributed by atoms with E-state index in [2.05, 4.69) is 20.9 Å². The van der Waals surface area contributed by atoms with Gasteiger partial charge in [0.25, 0.3) is 0 Å². The van der Waals surface area contributed by atoms with Gasteiger partial charge in [-0.15, -0.1) is 0 Å². The Bertz CT molecular complexity index is 989. The van der Waals surface area contributed by atoms with Crippen molar-refractivity contribution in [3.63, 3.8) is 0 Å². The lowest BCUT2D eigenvalue weighted by Crippen LogP contribution is -2.02. The number of rotatable bonds is 1. The molecular weight excluding hydrogens is 394 g/mol. The summed E-state index contributed by atoms with van der Waals surface area (Å²) in [5.74, 6) is -0.538. The van der Waals surface area contributed by atoms with Crippen LogP contribution in [0.1, 0.15) is 24.2 Å². The number of hydrogen-bond acceptors (Lipinski definition) is 4. The van der Waals surface area contributed by atoms with Crippen molar-refractivity contribution in [3.8, 4) is 0 Å². The topological polar surface area (TPSA) is 56.3 Å². The second kappa shape index (κ2) is 7.73. The molecule has 0 saturated heterocycles. The van der Waals surface area contributed by atoms with Crippen molar-refractivity contribution in [1.82, 2.24) is 4.98 Å². The first-order chi connectivity index (χ1) is 11.5. The third-order valence-electron chi connectivity index (χ3n) is 3.32. The Balaban J connectivity index is 0.00000100. The Labute approximate surface area is 152 Å². The zero-order chi connectivity index (χ0) is 17.9. The highest BCUT2D eigenvalue weighted by atomic mass is 79.9. The van der Waals surface area contributed by atoms with Gasteiger partial charge >= 0.3 is 5.97 Å². The number of hydrogen-bond donors (Lipinski definition) is 0. The van der Waals surface area contributed by atoms with Crippen LogP contribution < -0.4 is 5.43 Å². The molecule has 0 N–H and O–H groups in total. The molecule has 0 spiro atoms. The van der Waals surface area contributed by atoms with Crippen molar-refractivity contribution in [3.05, 3.63) is 61.8 Å². The summed E-state index contributed by atoms with van der Waals surface area (Å²) in [4.78, 5) is 29.0. The smallest absolute Gasteiger partial charge is 0.338 e. The van der Waals surface area contributed by atoms with Gasteiger partial charge in [-0.2, -0.15) is 0 Å². The summed E-state index contributed by atoms with van der Waals surface area (Å²) in [6.45, 7) is 4.00. The summed E-state index contributed by atoms with van der Waals surface area (Å²) < 4.78 is 5.54. The third kappa shape index (κ3) is 3.42. The van der Waals surface area contributed by atoms with E-state index in [-0.39, 0.29) is 16.5 Å². The summed E-state index contributed by atoms with van der Waals surface area (Å²) in [5, 5.41) is 1.79. The number of carbonyl (C=O) groups is 1. The summed E-state index contributed by atoms with van der Waals surface area (Å²) in [6.07, 6.45) is 1.54. The maximum atomic E-state index is 12.7. The van der Waals surface area contributed by atoms with E-state index < -0.39 is 5.97 Å². The van der Waals surface area contributed by atoms with Crippen LogP contribution in [0.25, 0.3) is 21.7 Å². The molecule has 24 heavy (non-hydrogen) atoms. The second-order valence-electron chi connectivity index (χ2n) is 4.66. The van der Waals surface area contributed by atoms with E-state index >= 15 is 0 Å². The minimum atomic E-state index is -0.538. The van der Waals surface area contributed by atoms with Crippen molar-refractivity contribution in [2.45, 2.75) is 13.8 Å². The lowest BCUT2D eigenvalue weighted by atomic mass is 10.1. The van der Waals surface area contributed by atoms with E-state index in [1.165, 1.54) is 7.11 Å². The molecule has 0 amide bonds. The first-order valence-corrected chi connectivity index (χ1v) is 8.48. The number of fused-ring (bicyclic) bond motifs is 2. The van der Waals surface area contributed by atoms with Crippen LogP contribution in [0.15, 0.2) is 45.8 Å². The van der Waals surface area contributed by atoms with Crippen molar-refractivity contribution in [2.24, 2.45) is 0 Å². The maximum absolute atomic E-state index is 12.7. The van der Waals surface area contributed by atoms with Gasteiger partial charge in [-0.05, 0) is 46.3 Å². The predicted molar refractivity (Wildman–Crippen MR) is 101 cm³/mol. The Morgan fingerprint density at radius 1 is 1.17 bits per heavy atom. The number of benzene rings is 1. The van der Waals surface area contributed by atoms with Crippen LogP contribution in [-0.4, -0.2) is 18.1 Å². The normalized spacial score (nSPS) is 10.2. The third-order valence-corrected chi connectivity index (χ3v) is 3.99. The molecule has 0 fully saturated rings. The quantitative estimate of drug-likeness (QED) is 0.533. The van der Waals surface area contributed by atoms with Gasteiger partial charge in [0, 0.05) is 31.9 Å². The van der Waals surface area contributed by atoms with Crippen LogP contribution in [0, 0.1) is 0 Å². The van der Waals surface area contributed by atoms with E-state index in [0.29, 0.717) is 25.7 Å². The molecule has 6 heteroatoms. The molecular formula is C18H15BrClNO3. The highest BCUT2D eigenvalue weighted by Crippen LogP contribution is 2.24. The Kier molecular flexibility index (Phi) is 5.91. The van der Waals surface area contributed by atoms with E-state index in [4.69, 9.17) is 16.3 Å². The lowest BCUT2D eigenvalue weighted by molar-refractivity contribution is 0.0603. The van der Waals surface area contributed by atoms with Crippen LogP contribution in [-0.2, 0) is 4.74 Å². The average molecular weight is 409 g/mol. The van der Waals surface area contributed by atoms with Crippen molar-refractivity contribution >= 4 is 55.2 Å². The molecule has 0 unspecified atom stereocenters. The molecule has 0 aliphatic heterocycles. The predicted octanol–water partition coefficient (Wildman–Crippen LogP) is 4.98. The molecule has 0 bridgehead atoms. The van der Waals surface area contributed by atoms with E-state index in [9.17, 15) is 9.59 Å². The van der Waals surface area contributed by atoms with Crippen LogP contribution in [0.4, 0.5) is 0 Å². The molecule has 0 radical (unpaired) electrons. The SMILES string of the molecule is CC.COC(=O)c1cc2cc(Br)cnc2c(=O)c2ccc(Cl)cc12. The molecule has 0 saturated carbocycles. The van der Waals surface area contributed by atoms with Crippen molar-refractivity contribution < 1.29 is 9.53 Å². The standard InChI is InChI=1S/C16H9BrClNO3.C2H6/c1-22-16(21)13-5-8-4-9(17)7-19-14(8)15(20)11-3-2-10(18)6-12(11)13;1-2/h2-7H,1H3;1-2H3. The monoisotopic (exact) mass is 407 g/mol. The highest BCUT2D eigenvalue weighted by molar-refractivity contribution is 9.10. The van der Waals surface area contributed by atoms with Gasteiger partial charge in [0.15, 0.2) is 0 Å². The van der Waals surface area contributed by atoms with Gasteiger partial charge in [0.05, 0.1) is 12.7 Å². The van der Waals surface area contributed by atoms with Gasteiger partial charge in [-0.1, -0.05) is 25.4 Å². The van der Waals surface area contributed by atoms with E-state index in [0.717, 1.165) is 0 Å². The number of carbonyl (C=O) groups excluding carboxylic acids is 1. The van der Waals surface area contributed by atoms with Crippen LogP contribution in [0.3, 0.4) is 0 Å². The van der Waals surface area contributed by atoms with Gasteiger partial charge in [-0.3, -0.25) is 9.78 Å². The van der Waals surface area contributed by atoms with Gasteiger partial charge in [0.2, 0.25) is 5.43 Å². The van der Waals surface area contributed by atoms with E-state index in [1.807, 2.05) is 13.8 Å². The fourth-order valence-electron chi connectivity index (χ4n) is 2.33. The minimum absolute atomic E-state index is 0.260. The number of esters is 1. The Morgan fingerprint density at radius 3 is 2.54 bits per heavy atom. The lowest BCUT2D eigenvalue weighted by Gasteiger charge is -2.01.